The van der Waals surface area contributed by atoms with Crippen LogP contribution in [0.5, 0.6) is 0 Å². The fourth-order valence-electron chi connectivity index (χ4n) is 2.66. The summed E-state index contributed by atoms with van der Waals surface area (Å²) in [7, 11) is -3.32. The number of hydrogen-bond donors (Lipinski definition) is 2. The number of piperidine rings is 1. The van der Waals surface area contributed by atoms with Gasteiger partial charge in [0.25, 0.3) is 10.2 Å². The molecular weight excluding hydrogens is 274 g/mol. The lowest BCUT2D eigenvalue weighted by Gasteiger charge is -2.33. The molecule has 0 amide bonds. The zero-order valence-electron chi connectivity index (χ0n) is 13.4. The van der Waals surface area contributed by atoms with Crippen LogP contribution in [0, 0.1) is 11.8 Å². The van der Waals surface area contributed by atoms with Crippen molar-refractivity contribution in [3.05, 3.63) is 0 Å². The van der Waals surface area contributed by atoms with Crippen molar-refractivity contribution < 1.29 is 8.42 Å². The minimum absolute atomic E-state index is 0.0273. The second-order valence-corrected chi connectivity index (χ2v) is 7.73. The van der Waals surface area contributed by atoms with E-state index in [0.717, 1.165) is 32.4 Å². The van der Waals surface area contributed by atoms with Crippen molar-refractivity contribution in [3.8, 4) is 0 Å². The molecule has 20 heavy (non-hydrogen) atoms. The van der Waals surface area contributed by atoms with Gasteiger partial charge in [-0.05, 0) is 44.2 Å². The monoisotopic (exact) mass is 305 g/mol. The largest absolute Gasteiger partial charge is 0.317 e. The first kappa shape index (κ1) is 17.9. The van der Waals surface area contributed by atoms with Crippen LogP contribution in [0.2, 0.25) is 0 Å². The Kier molecular flexibility index (Phi) is 7.43. The van der Waals surface area contributed by atoms with Crippen LogP contribution in [0.25, 0.3) is 0 Å². The van der Waals surface area contributed by atoms with Crippen LogP contribution in [-0.2, 0) is 10.2 Å². The molecule has 5 nitrogen and oxygen atoms in total. The smallest absolute Gasteiger partial charge is 0.279 e. The third-order valence-electron chi connectivity index (χ3n) is 4.14. The van der Waals surface area contributed by atoms with Crippen LogP contribution in [0.4, 0.5) is 0 Å². The second kappa shape index (κ2) is 8.32. The standard InChI is InChI=1S/C14H31N3O2S/c1-5-14(12(3)4)16-20(18,19)17-9-7-13(8-10-17)11-15-6-2/h12-16H,5-11H2,1-4H3. The quantitative estimate of drug-likeness (QED) is 0.716. The van der Waals surface area contributed by atoms with Gasteiger partial charge in [0.05, 0.1) is 0 Å². The minimum atomic E-state index is -3.32. The van der Waals surface area contributed by atoms with E-state index in [1.165, 1.54) is 0 Å². The highest BCUT2D eigenvalue weighted by atomic mass is 32.2. The van der Waals surface area contributed by atoms with Crippen molar-refractivity contribution in [1.29, 1.82) is 0 Å². The van der Waals surface area contributed by atoms with Gasteiger partial charge in [-0.2, -0.15) is 17.4 Å². The van der Waals surface area contributed by atoms with Gasteiger partial charge in [0.15, 0.2) is 0 Å². The Morgan fingerprint density at radius 3 is 2.25 bits per heavy atom. The molecule has 1 fully saturated rings. The Morgan fingerprint density at radius 2 is 1.80 bits per heavy atom. The summed E-state index contributed by atoms with van der Waals surface area (Å²) in [6, 6.07) is 0.0273. The Bertz CT molecular complexity index is 363. The van der Waals surface area contributed by atoms with Crippen molar-refractivity contribution in [2.45, 2.75) is 53.0 Å². The normalized spacial score (nSPS) is 20.4. The summed E-state index contributed by atoms with van der Waals surface area (Å²) in [6.07, 6.45) is 2.73. The first-order valence-corrected chi connectivity index (χ1v) is 9.32. The molecule has 1 rings (SSSR count). The Labute approximate surface area is 124 Å². The maximum atomic E-state index is 12.4. The molecule has 0 radical (unpaired) electrons. The van der Waals surface area contributed by atoms with E-state index in [4.69, 9.17) is 0 Å². The van der Waals surface area contributed by atoms with Gasteiger partial charge < -0.3 is 5.32 Å². The number of nitrogens with zero attached hydrogens (tertiary/aromatic N) is 1. The van der Waals surface area contributed by atoms with E-state index in [1.807, 2.05) is 6.92 Å². The number of hydrogen-bond acceptors (Lipinski definition) is 3. The first-order valence-electron chi connectivity index (χ1n) is 7.88. The summed E-state index contributed by atoms with van der Waals surface area (Å²) in [5, 5.41) is 3.34. The van der Waals surface area contributed by atoms with Gasteiger partial charge in [-0.15, -0.1) is 0 Å². The Morgan fingerprint density at radius 1 is 1.20 bits per heavy atom. The molecule has 0 bridgehead atoms. The van der Waals surface area contributed by atoms with E-state index in [2.05, 4.69) is 30.8 Å². The average molecular weight is 305 g/mol. The van der Waals surface area contributed by atoms with Crippen LogP contribution in [-0.4, -0.2) is 44.9 Å². The van der Waals surface area contributed by atoms with Crippen LogP contribution in [0.15, 0.2) is 0 Å². The summed E-state index contributed by atoms with van der Waals surface area (Å²) in [5.74, 6) is 0.925. The molecule has 0 aliphatic carbocycles. The highest BCUT2D eigenvalue weighted by Gasteiger charge is 2.29. The molecule has 0 aromatic heterocycles. The van der Waals surface area contributed by atoms with Gasteiger partial charge in [-0.3, -0.25) is 0 Å². The van der Waals surface area contributed by atoms with Crippen molar-refractivity contribution in [1.82, 2.24) is 14.3 Å². The summed E-state index contributed by atoms with van der Waals surface area (Å²) in [5.41, 5.74) is 0. The predicted octanol–water partition coefficient (Wildman–Crippen LogP) is 1.58. The van der Waals surface area contributed by atoms with Gasteiger partial charge in [0.1, 0.15) is 0 Å². The van der Waals surface area contributed by atoms with Gasteiger partial charge in [-0.25, -0.2) is 0 Å². The van der Waals surface area contributed by atoms with E-state index >= 15 is 0 Å². The number of rotatable bonds is 8. The lowest BCUT2D eigenvalue weighted by atomic mass is 9.98. The topological polar surface area (TPSA) is 61.4 Å². The summed E-state index contributed by atoms with van der Waals surface area (Å²) < 4.78 is 29.2. The van der Waals surface area contributed by atoms with Crippen molar-refractivity contribution in [2.75, 3.05) is 26.2 Å². The maximum Gasteiger partial charge on any atom is 0.279 e. The maximum absolute atomic E-state index is 12.4. The third-order valence-corrected chi connectivity index (χ3v) is 5.79. The molecule has 1 saturated heterocycles. The van der Waals surface area contributed by atoms with Crippen LogP contribution in [0.1, 0.15) is 47.0 Å². The molecule has 1 heterocycles. The van der Waals surface area contributed by atoms with Gasteiger partial charge >= 0.3 is 0 Å². The number of nitrogens with one attached hydrogen (secondary N) is 2. The van der Waals surface area contributed by atoms with Crippen LogP contribution in [0.3, 0.4) is 0 Å². The molecule has 1 unspecified atom stereocenters. The van der Waals surface area contributed by atoms with Gasteiger partial charge in [-0.1, -0.05) is 27.7 Å². The zero-order valence-corrected chi connectivity index (χ0v) is 14.2. The van der Waals surface area contributed by atoms with Crippen molar-refractivity contribution in [3.63, 3.8) is 0 Å². The van der Waals surface area contributed by atoms with E-state index in [9.17, 15) is 8.42 Å². The summed E-state index contributed by atoms with van der Waals surface area (Å²) in [4.78, 5) is 0. The summed E-state index contributed by atoms with van der Waals surface area (Å²) >= 11 is 0. The molecule has 6 heteroatoms. The van der Waals surface area contributed by atoms with Gasteiger partial charge in [0, 0.05) is 19.1 Å². The van der Waals surface area contributed by atoms with Gasteiger partial charge in [0.2, 0.25) is 0 Å². The van der Waals surface area contributed by atoms with Crippen molar-refractivity contribution >= 4 is 10.2 Å². The lowest BCUT2D eigenvalue weighted by molar-refractivity contribution is 0.263. The molecule has 0 saturated carbocycles. The molecular formula is C14H31N3O2S. The molecule has 2 N–H and O–H groups in total. The Hall–Kier alpha value is -0.170. The van der Waals surface area contributed by atoms with E-state index in [1.54, 1.807) is 4.31 Å². The third kappa shape index (κ3) is 5.31. The molecule has 0 aromatic rings. The summed E-state index contributed by atoms with van der Waals surface area (Å²) in [6.45, 7) is 11.5. The fourth-order valence-corrected chi connectivity index (χ4v) is 4.32. The minimum Gasteiger partial charge on any atom is -0.317 e. The average Bonchev–Trinajstić information content (AvgIpc) is 2.42. The zero-order chi connectivity index (χ0) is 15.2. The first-order chi connectivity index (χ1) is 9.40. The van der Waals surface area contributed by atoms with Crippen LogP contribution < -0.4 is 10.0 Å². The molecule has 1 atom stereocenters. The second-order valence-electron chi connectivity index (χ2n) is 6.03. The fraction of sp³-hybridized carbons (Fsp3) is 1.00. The SMILES string of the molecule is CCNCC1CCN(S(=O)(=O)NC(CC)C(C)C)CC1. The molecule has 120 valence electrons. The predicted molar refractivity (Wildman–Crippen MR) is 83.8 cm³/mol. The van der Waals surface area contributed by atoms with E-state index in [0.29, 0.717) is 24.9 Å². The van der Waals surface area contributed by atoms with Crippen molar-refractivity contribution in [2.24, 2.45) is 11.8 Å². The Balaban J connectivity index is 2.50. The van der Waals surface area contributed by atoms with E-state index in [-0.39, 0.29) is 6.04 Å². The molecule has 0 aromatic carbocycles. The van der Waals surface area contributed by atoms with Crippen LogP contribution >= 0.6 is 0 Å². The molecule has 1 aliphatic heterocycles. The van der Waals surface area contributed by atoms with E-state index < -0.39 is 10.2 Å². The highest BCUT2D eigenvalue weighted by Crippen LogP contribution is 2.19. The lowest BCUT2D eigenvalue weighted by Crippen LogP contribution is -2.50. The highest BCUT2D eigenvalue weighted by molar-refractivity contribution is 7.87. The molecule has 1 aliphatic rings. The molecule has 0 spiro atoms.